The summed E-state index contributed by atoms with van der Waals surface area (Å²) in [7, 11) is 0. The number of amides is 1. The lowest BCUT2D eigenvalue weighted by Gasteiger charge is -2.21. The second-order valence-corrected chi connectivity index (χ2v) is 2.68. The molecule has 0 saturated heterocycles. The van der Waals surface area contributed by atoms with E-state index in [4.69, 9.17) is 5.73 Å². The second-order valence-electron chi connectivity index (χ2n) is 2.68. The first-order valence-corrected chi connectivity index (χ1v) is 4.28. The number of hydrogen-bond acceptors (Lipinski definition) is 6. The van der Waals surface area contributed by atoms with E-state index in [1.807, 2.05) is 0 Å². The summed E-state index contributed by atoms with van der Waals surface area (Å²) in [5.74, 6) is 0.0100. The lowest BCUT2D eigenvalue weighted by atomic mass is 10.5. The maximum absolute atomic E-state index is 10.8. The number of carbonyl (C=O) groups excluding carboxylic acids is 1. The van der Waals surface area contributed by atoms with Crippen molar-refractivity contribution in [3.63, 3.8) is 0 Å². The summed E-state index contributed by atoms with van der Waals surface area (Å²) in [5, 5.41) is 12.2. The molecule has 0 aliphatic carbocycles. The molecule has 0 radical (unpaired) electrons. The van der Waals surface area contributed by atoms with Gasteiger partial charge in [-0.05, 0) is 5.21 Å². The molecule has 1 amide bonds. The Morgan fingerprint density at radius 1 is 1.73 bits per heavy atom. The molecule has 1 aromatic heterocycles. The SMILES string of the molecule is C=CCNN(CC(N)=O)c1ccnnn1. The smallest absolute Gasteiger partial charge is 0.238 e. The van der Waals surface area contributed by atoms with Crippen molar-refractivity contribution in [2.24, 2.45) is 5.73 Å². The third-order valence-corrected chi connectivity index (χ3v) is 1.51. The van der Waals surface area contributed by atoms with Crippen LogP contribution in [0.5, 0.6) is 0 Å². The monoisotopic (exact) mass is 208 g/mol. The van der Waals surface area contributed by atoms with Crippen LogP contribution in [0.2, 0.25) is 0 Å². The Kier molecular flexibility index (Phi) is 4.17. The van der Waals surface area contributed by atoms with Crippen LogP contribution in [0.25, 0.3) is 0 Å². The van der Waals surface area contributed by atoms with Crippen molar-refractivity contribution in [1.29, 1.82) is 0 Å². The summed E-state index contributed by atoms with van der Waals surface area (Å²) < 4.78 is 0. The second kappa shape index (κ2) is 5.66. The first kappa shape index (κ1) is 11.1. The van der Waals surface area contributed by atoms with Gasteiger partial charge in [0.05, 0.1) is 6.20 Å². The predicted octanol–water partition coefficient (Wildman–Crippen LogP) is -1.15. The minimum Gasteiger partial charge on any atom is -0.368 e. The van der Waals surface area contributed by atoms with Gasteiger partial charge in [-0.25, -0.2) is 5.43 Å². The van der Waals surface area contributed by atoms with Crippen molar-refractivity contribution in [3.8, 4) is 0 Å². The molecule has 0 aliphatic rings. The molecule has 0 bridgehead atoms. The predicted molar refractivity (Wildman–Crippen MR) is 54.6 cm³/mol. The number of nitrogens with zero attached hydrogens (tertiary/aromatic N) is 4. The molecule has 7 nitrogen and oxygen atoms in total. The molecular weight excluding hydrogens is 196 g/mol. The summed E-state index contributed by atoms with van der Waals surface area (Å²) in [5.41, 5.74) is 7.99. The molecule has 3 N–H and O–H groups in total. The topological polar surface area (TPSA) is 97.0 Å². The van der Waals surface area contributed by atoms with E-state index >= 15 is 0 Å². The molecule has 0 atom stereocenters. The maximum atomic E-state index is 10.8. The Balaban J connectivity index is 2.71. The quantitative estimate of drug-likeness (QED) is 0.453. The zero-order valence-corrected chi connectivity index (χ0v) is 8.13. The minimum atomic E-state index is -0.467. The van der Waals surface area contributed by atoms with Crippen molar-refractivity contribution in [2.45, 2.75) is 0 Å². The molecule has 1 aromatic rings. The molecule has 0 fully saturated rings. The van der Waals surface area contributed by atoms with Gasteiger partial charge in [0, 0.05) is 12.6 Å². The Morgan fingerprint density at radius 2 is 2.53 bits per heavy atom. The molecule has 1 heterocycles. The highest BCUT2D eigenvalue weighted by Gasteiger charge is 2.09. The van der Waals surface area contributed by atoms with Crippen LogP contribution in [-0.2, 0) is 4.79 Å². The van der Waals surface area contributed by atoms with Crippen LogP contribution in [0.1, 0.15) is 0 Å². The maximum Gasteiger partial charge on any atom is 0.238 e. The molecule has 0 unspecified atom stereocenters. The summed E-state index contributed by atoms with van der Waals surface area (Å²) in [6.45, 7) is 4.06. The van der Waals surface area contributed by atoms with Crippen molar-refractivity contribution >= 4 is 11.7 Å². The van der Waals surface area contributed by atoms with Crippen molar-refractivity contribution in [2.75, 3.05) is 18.1 Å². The van der Waals surface area contributed by atoms with Crippen LogP contribution < -0.4 is 16.2 Å². The summed E-state index contributed by atoms with van der Waals surface area (Å²) in [4.78, 5) is 10.8. The number of aromatic nitrogens is 3. The van der Waals surface area contributed by atoms with Gasteiger partial charge in [-0.15, -0.1) is 16.8 Å². The molecule has 0 aromatic carbocycles. The molecule has 0 saturated carbocycles. The van der Waals surface area contributed by atoms with Crippen LogP contribution >= 0.6 is 0 Å². The average Bonchev–Trinajstić information content (AvgIpc) is 2.25. The average molecular weight is 208 g/mol. The highest BCUT2D eigenvalue weighted by Crippen LogP contribution is 2.02. The Morgan fingerprint density at radius 3 is 3.07 bits per heavy atom. The van der Waals surface area contributed by atoms with E-state index in [1.165, 1.54) is 11.2 Å². The lowest BCUT2D eigenvalue weighted by Crippen LogP contribution is -2.44. The molecule has 15 heavy (non-hydrogen) atoms. The number of carbonyl (C=O) groups is 1. The van der Waals surface area contributed by atoms with Gasteiger partial charge in [-0.3, -0.25) is 9.80 Å². The van der Waals surface area contributed by atoms with E-state index in [1.54, 1.807) is 12.1 Å². The fourth-order valence-electron chi connectivity index (χ4n) is 0.927. The van der Waals surface area contributed by atoms with Gasteiger partial charge in [0.1, 0.15) is 6.54 Å². The van der Waals surface area contributed by atoms with E-state index in [9.17, 15) is 4.79 Å². The van der Waals surface area contributed by atoms with E-state index in [0.29, 0.717) is 12.4 Å². The van der Waals surface area contributed by atoms with Gasteiger partial charge < -0.3 is 5.73 Å². The molecule has 7 heteroatoms. The fourth-order valence-corrected chi connectivity index (χ4v) is 0.927. The van der Waals surface area contributed by atoms with Gasteiger partial charge in [0.15, 0.2) is 5.82 Å². The third kappa shape index (κ3) is 3.69. The third-order valence-electron chi connectivity index (χ3n) is 1.51. The number of nitrogens with one attached hydrogen (secondary N) is 1. The van der Waals surface area contributed by atoms with E-state index in [2.05, 4.69) is 27.4 Å². The highest BCUT2D eigenvalue weighted by molar-refractivity contribution is 5.78. The Labute approximate surface area is 86.9 Å². The number of anilines is 1. The largest absolute Gasteiger partial charge is 0.368 e. The van der Waals surface area contributed by atoms with Gasteiger partial charge in [-0.1, -0.05) is 6.08 Å². The molecule has 0 aliphatic heterocycles. The number of hydrazine groups is 1. The van der Waals surface area contributed by atoms with Gasteiger partial charge in [0.2, 0.25) is 5.91 Å². The standard InChI is InChI=1S/C8H12N6O/c1-2-4-11-14(6-7(9)15)8-3-5-10-13-12-8/h2-3,5,11H,1,4,6H2,(H2,9,15). The normalized spacial score (nSPS) is 9.60. The number of nitrogens with two attached hydrogens (primary N) is 1. The van der Waals surface area contributed by atoms with E-state index in [0.717, 1.165) is 0 Å². The Bertz CT molecular complexity index is 327. The van der Waals surface area contributed by atoms with Crippen LogP contribution in [0.3, 0.4) is 0 Å². The van der Waals surface area contributed by atoms with E-state index in [-0.39, 0.29) is 6.54 Å². The fraction of sp³-hybridized carbons (Fsp3) is 0.250. The number of primary amides is 1. The zero-order valence-electron chi connectivity index (χ0n) is 8.13. The zero-order chi connectivity index (χ0) is 11.1. The van der Waals surface area contributed by atoms with Gasteiger partial charge in [0.25, 0.3) is 0 Å². The summed E-state index contributed by atoms with van der Waals surface area (Å²) >= 11 is 0. The van der Waals surface area contributed by atoms with Crippen molar-refractivity contribution in [3.05, 3.63) is 24.9 Å². The van der Waals surface area contributed by atoms with Crippen molar-refractivity contribution in [1.82, 2.24) is 20.8 Å². The van der Waals surface area contributed by atoms with Crippen molar-refractivity contribution < 1.29 is 4.79 Å². The van der Waals surface area contributed by atoms with Crippen LogP contribution in [0.15, 0.2) is 24.9 Å². The molecular formula is C8H12N6O. The highest BCUT2D eigenvalue weighted by atomic mass is 16.1. The molecule has 1 rings (SSSR count). The van der Waals surface area contributed by atoms with Crippen LogP contribution in [0, 0.1) is 0 Å². The summed E-state index contributed by atoms with van der Waals surface area (Å²) in [6.07, 6.45) is 3.13. The Hall–Kier alpha value is -2.02. The molecule has 80 valence electrons. The number of hydrogen-bond donors (Lipinski definition) is 2. The van der Waals surface area contributed by atoms with Gasteiger partial charge >= 0.3 is 0 Å². The number of rotatable bonds is 6. The first-order chi connectivity index (χ1) is 7.24. The van der Waals surface area contributed by atoms with Gasteiger partial charge in [-0.2, -0.15) is 0 Å². The molecule has 0 spiro atoms. The van der Waals surface area contributed by atoms with E-state index < -0.39 is 5.91 Å². The summed E-state index contributed by atoms with van der Waals surface area (Å²) in [6, 6.07) is 1.62. The van der Waals surface area contributed by atoms with Crippen LogP contribution in [-0.4, -0.2) is 34.4 Å². The minimum absolute atomic E-state index is 0.00648. The lowest BCUT2D eigenvalue weighted by molar-refractivity contribution is -0.116. The first-order valence-electron chi connectivity index (χ1n) is 4.28. The van der Waals surface area contributed by atoms with Crippen LogP contribution in [0.4, 0.5) is 5.82 Å².